The predicted octanol–water partition coefficient (Wildman–Crippen LogP) is 5.70. The minimum atomic E-state index is -1.18. The van der Waals surface area contributed by atoms with Gasteiger partial charge in [0.25, 0.3) is 0 Å². The van der Waals surface area contributed by atoms with Crippen LogP contribution in [0.4, 0.5) is 5.69 Å². The Bertz CT molecular complexity index is 1480. The fourth-order valence-corrected chi connectivity index (χ4v) is 4.04. The van der Waals surface area contributed by atoms with Gasteiger partial charge < -0.3 is 18.6 Å². The molecule has 0 saturated carbocycles. The van der Waals surface area contributed by atoms with E-state index in [4.69, 9.17) is 13.9 Å². The zero-order valence-corrected chi connectivity index (χ0v) is 21.3. The van der Waals surface area contributed by atoms with Gasteiger partial charge in [0.05, 0.1) is 16.5 Å². The van der Waals surface area contributed by atoms with Gasteiger partial charge in [0.2, 0.25) is 0 Å². The summed E-state index contributed by atoms with van der Waals surface area (Å²) in [6.45, 7) is 5.70. The van der Waals surface area contributed by atoms with E-state index in [2.05, 4.69) is 4.72 Å². The van der Waals surface area contributed by atoms with Crippen molar-refractivity contribution in [3.8, 4) is 16.9 Å². The molecular formula is C28H27NO6S. The largest absolute Gasteiger partial charge is 0.489 e. The molecule has 36 heavy (non-hydrogen) atoms. The van der Waals surface area contributed by atoms with Gasteiger partial charge in [0, 0.05) is 18.0 Å². The molecule has 4 rings (SSSR count). The zero-order valence-electron chi connectivity index (χ0n) is 20.5. The summed E-state index contributed by atoms with van der Waals surface area (Å²) in [5, 5.41) is 0.434. The predicted molar refractivity (Wildman–Crippen MR) is 142 cm³/mol. The van der Waals surface area contributed by atoms with Crippen LogP contribution < -0.4 is 14.9 Å². The number of ether oxygens (including phenoxy) is 2. The van der Waals surface area contributed by atoms with Gasteiger partial charge in [-0.25, -0.2) is 9.00 Å². The third-order valence-corrected chi connectivity index (χ3v) is 5.69. The van der Waals surface area contributed by atoms with Crippen LogP contribution >= 0.6 is 0 Å². The highest BCUT2D eigenvalue weighted by Crippen LogP contribution is 2.25. The summed E-state index contributed by atoms with van der Waals surface area (Å²) in [6.07, 6.45) is 2.98. The lowest BCUT2D eigenvalue weighted by Crippen LogP contribution is -2.23. The van der Waals surface area contributed by atoms with E-state index in [-0.39, 0.29) is 18.0 Å². The first-order valence-electron chi connectivity index (χ1n) is 11.3. The van der Waals surface area contributed by atoms with Crippen molar-refractivity contribution in [3.05, 3.63) is 94.3 Å². The smallest absolute Gasteiger partial charge is 0.338 e. The van der Waals surface area contributed by atoms with Crippen LogP contribution in [-0.2, 0) is 22.3 Å². The molecule has 0 amide bonds. The lowest BCUT2D eigenvalue weighted by molar-refractivity contribution is 0.00693. The highest BCUT2D eigenvalue weighted by atomic mass is 32.2. The molecule has 1 unspecified atom stereocenters. The Labute approximate surface area is 211 Å². The van der Waals surface area contributed by atoms with Crippen molar-refractivity contribution in [2.24, 2.45) is 0 Å². The van der Waals surface area contributed by atoms with Crippen LogP contribution in [0.25, 0.3) is 22.1 Å². The monoisotopic (exact) mass is 505 g/mol. The number of nitrogens with one attached hydrogen (secondary N) is 1. The van der Waals surface area contributed by atoms with E-state index in [0.29, 0.717) is 39.1 Å². The maximum atomic E-state index is 13.1. The number of carbonyl (C=O) groups is 1. The summed E-state index contributed by atoms with van der Waals surface area (Å²) in [5.74, 6) is 0.142. The van der Waals surface area contributed by atoms with Crippen LogP contribution in [0.1, 0.15) is 36.7 Å². The molecule has 1 N–H and O–H groups in total. The SMILES string of the molecule is CS(=O)Nc1ccc(-c2coc3cc(OCc4cccc(C(=O)OC(C)(C)C)c4)ccc3c2=O)cc1. The van der Waals surface area contributed by atoms with Gasteiger partial charge in [-0.3, -0.25) is 4.79 Å². The van der Waals surface area contributed by atoms with Crippen LogP contribution in [0, 0.1) is 0 Å². The molecule has 1 atom stereocenters. The number of rotatable bonds is 7. The Morgan fingerprint density at radius 2 is 1.78 bits per heavy atom. The molecule has 0 aliphatic heterocycles. The average molecular weight is 506 g/mol. The molecule has 1 aromatic heterocycles. The minimum absolute atomic E-state index is 0.160. The van der Waals surface area contributed by atoms with Crippen LogP contribution in [0.3, 0.4) is 0 Å². The van der Waals surface area contributed by atoms with Crippen LogP contribution in [0.15, 0.2) is 82.2 Å². The number of benzene rings is 3. The summed E-state index contributed by atoms with van der Waals surface area (Å²) in [6, 6.07) is 19.2. The summed E-state index contributed by atoms with van der Waals surface area (Å²) in [4.78, 5) is 25.4. The number of esters is 1. The third-order valence-electron chi connectivity index (χ3n) is 5.17. The van der Waals surface area contributed by atoms with E-state index in [0.717, 1.165) is 5.56 Å². The topological polar surface area (TPSA) is 94.8 Å². The Kier molecular flexibility index (Phi) is 7.26. The number of fused-ring (bicyclic) bond motifs is 1. The normalized spacial score (nSPS) is 12.2. The molecule has 0 spiro atoms. The maximum absolute atomic E-state index is 13.1. The first kappa shape index (κ1) is 25.2. The van der Waals surface area contributed by atoms with E-state index in [1.54, 1.807) is 66.9 Å². The van der Waals surface area contributed by atoms with Crippen molar-refractivity contribution in [2.75, 3.05) is 11.0 Å². The van der Waals surface area contributed by atoms with Gasteiger partial charge in [-0.1, -0.05) is 24.3 Å². The lowest BCUT2D eigenvalue weighted by atomic mass is 10.1. The summed E-state index contributed by atoms with van der Waals surface area (Å²) in [5.41, 5.74) is 2.76. The summed E-state index contributed by atoms with van der Waals surface area (Å²) < 4.78 is 31.2. The Morgan fingerprint density at radius 3 is 2.47 bits per heavy atom. The van der Waals surface area contributed by atoms with Crippen LogP contribution in [-0.4, -0.2) is 22.0 Å². The molecule has 186 valence electrons. The van der Waals surface area contributed by atoms with Gasteiger partial charge in [0.15, 0.2) is 5.43 Å². The van der Waals surface area contributed by atoms with Crippen molar-refractivity contribution in [1.29, 1.82) is 0 Å². The maximum Gasteiger partial charge on any atom is 0.338 e. The fourth-order valence-electron chi connectivity index (χ4n) is 3.57. The van der Waals surface area contributed by atoms with E-state index in [9.17, 15) is 13.8 Å². The van der Waals surface area contributed by atoms with Gasteiger partial charge in [-0.15, -0.1) is 0 Å². The molecule has 0 bridgehead atoms. The van der Waals surface area contributed by atoms with E-state index >= 15 is 0 Å². The molecule has 0 radical (unpaired) electrons. The fraction of sp³-hybridized carbons (Fsp3) is 0.214. The van der Waals surface area contributed by atoms with Gasteiger partial charge >= 0.3 is 5.97 Å². The number of anilines is 1. The highest BCUT2D eigenvalue weighted by molar-refractivity contribution is 7.85. The molecule has 1 heterocycles. The third kappa shape index (κ3) is 6.20. The lowest BCUT2D eigenvalue weighted by Gasteiger charge is -2.19. The molecule has 7 nitrogen and oxygen atoms in total. The molecule has 8 heteroatoms. The summed E-state index contributed by atoms with van der Waals surface area (Å²) in [7, 11) is -1.18. The van der Waals surface area contributed by atoms with Crippen molar-refractivity contribution in [3.63, 3.8) is 0 Å². The Morgan fingerprint density at radius 1 is 1.03 bits per heavy atom. The molecular weight excluding hydrogens is 478 g/mol. The quantitative estimate of drug-likeness (QED) is 0.324. The first-order chi connectivity index (χ1) is 17.1. The van der Waals surface area contributed by atoms with E-state index in [1.165, 1.54) is 6.26 Å². The second-order valence-electron chi connectivity index (χ2n) is 9.26. The highest BCUT2D eigenvalue weighted by Gasteiger charge is 2.18. The standard InChI is InChI=1S/C28H27NO6S/c1-28(2,3)35-27(31)20-7-5-6-18(14-20)16-33-22-12-13-23-25(15-22)34-17-24(26(23)30)19-8-10-21(11-9-19)29-36(4)32/h5-15,17,29H,16H2,1-4H3. The van der Waals surface area contributed by atoms with Gasteiger partial charge in [0.1, 0.15) is 40.8 Å². The average Bonchev–Trinajstić information content (AvgIpc) is 2.82. The second kappa shape index (κ2) is 10.4. The molecule has 0 fully saturated rings. The van der Waals surface area contributed by atoms with Crippen molar-refractivity contribution < 1.29 is 22.9 Å². The number of hydrogen-bond donors (Lipinski definition) is 1. The second-order valence-corrected chi connectivity index (χ2v) is 10.4. The van der Waals surface area contributed by atoms with Crippen molar-refractivity contribution in [2.45, 2.75) is 33.0 Å². The molecule has 0 aliphatic rings. The van der Waals surface area contributed by atoms with Gasteiger partial charge in [-0.2, -0.15) is 0 Å². The Balaban J connectivity index is 1.50. The van der Waals surface area contributed by atoms with Crippen LogP contribution in [0.5, 0.6) is 5.75 Å². The van der Waals surface area contributed by atoms with E-state index < -0.39 is 16.6 Å². The Hall–Kier alpha value is -3.91. The molecule has 4 aromatic rings. The van der Waals surface area contributed by atoms with Crippen LogP contribution in [0.2, 0.25) is 0 Å². The first-order valence-corrected chi connectivity index (χ1v) is 12.9. The van der Waals surface area contributed by atoms with Crippen molar-refractivity contribution >= 4 is 33.6 Å². The number of hydrogen-bond acceptors (Lipinski definition) is 6. The molecule has 0 aliphatic carbocycles. The molecule has 3 aromatic carbocycles. The zero-order chi connectivity index (χ0) is 25.9. The van der Waals surface area contributed by atoms with Crippen molar-refractivity contribution in [1.82, 2.24) is 0 Å². The minimum Gasteiger partial charge on any atom is -0.489 e. The number of carbonyl (C=O) groups excluding carboxylic acids is 1. The van der Waals surface area contributed by atoms with Gasteiger partial charge in [-0.05, 0) is 68.3 Å². The molecule has 0 saturated heterocycles. The van der Waals surface area contributed by atoms with E-state index in [1.807, 2.05) is 26.8 Å². The summed E-state index contributed by atoms with van der Waals surface area (Å²) >= 11 is 0.